The maximum Gasteiger partial charge on any atom is 0.115 e. The van der Waals surface area contributed by atoms with E-state index < -0.39 is 5.54 Å². The van der Waals surface area contributed by atoms with Crippen molar-refractivity contribution in [2.24, 2.45) is 5.73 Å². The highest BCUT2D eigenvalue weighted by Crippen LogP contribution is 2.24. The van der Waals surface area contributed by atoms with Crippen molar-refractivity contribution in [1.29, 1.82) is 0 Å². The van der Waals surface area contributed by atoms with Gasteiger partial charge in [0.1, 0.15) is 5.75 Å². The van der Waals surface area contributed by atoms with E-state index in [1.807, 2.05) is 19.1 Å². The lowest BCUT2D eigenvalue weighted by molar-refractivity contribution is 0.468. The van der Waals surface area contributed by atoms with Gasteiger partial charge in [-0.3, -0.25) is 0 Å². The van der Waals surface area contributed by atoms with E-state index in [9.17, 15) is 5.11 Å². The molecule has 0 aromatic heterocycles. The van der Waals surface area contributed by atoms with Gasteiger partial charge in [-0.05, 0) is 43.5 Å². The zero-order chi connectivity index (χ0) is 13.2. The fourth-order valence-corrected chi connectivity index (χ4v) is 2.13. The molecule has 3 N–H and O–H groups in total. The van der Waals surface area contributed by atoms with Crippen LogP contribution >= 0.6 is 0 Å². The second-order valence-corrected chi connectivity index (χ2v) is 5.13. The van der Waals surface area contributed by atoms with E-state index in [-0.39, 0.29) is 5.75 Å². The Kier molecular flexibility index (Phi) is 3.39. The fraction of sp³-hybridized carbons (Fsp3) is 0.250. The summed E-state index contributed by atoms with van der Waals surface area (Å²) in [6.45, 7) is 4.08. The first-order valence-corrected chi connectivity index (χ1v) is 6.11. The van der Waals surface area contributed by atoms with Crippen LogP contribution in [-0.4, -0.2) is 5.11 Å². The number of hydrogen-bond donors (Lipinski definition) is 2. The minimum absolute atomic E-state index is 0.284. The zero-order valence-electron chi connectivity index (χ0n) is 10.9. The molecule has 0 fully saturated rings. The number of phenolic OH excluding ortho intramolecular Hbond substituents is 1. The predicted octanol–water partition coefficient (Wildman–Crippen LogP) is 3.12. The standard InChI is InChI=1S/C16H19NO/c1-12-6-8-14(9-7-12)16(2,17)11-13-4-3-5-15(18)10-13/h3-10,18H,11,17H2,1-2H3. The maximum atomic E-state index is 9.48. The zero-order valence-corrected chi connectivity index (χ0v) is 10.9. The number of aryl methyl sites for hydroxylation is 1. The molecule has 2 aromatic carbocycles. The normalized spacial score (nSPS) is 14.2. The monoisotopic (exact) mass is 241 g/mol. The van der Waals surface area contributed by atoms with Gasteiger partial charge in [-0.25, -0.2) is 0 Å². The Hall–Kier alpha value is -1.80. The van der Waals surface area contributed by atoms with Crippen LogP contribution in [0.1, 0.15) is 23.6 Å². The smallest absolute Gasteiger partial charge is 0.115 e. The average molecular weight is 241 g/mol. The number of aromatic hydroxyl groups is 1. The lowest BCUT2D eigenvalue weighted by Crippen LogP contribution is -2.35. The number of rotatable bonds is 3. The summed E-state index contributed by atoms with van der Waals surface area (Å²) in [5.74, 6) is 0.284. The molecule has 0 spiro atoms. The van der Waals surface area contributed by atoms with Crippen LogP contribution in [0.2, 0.25) is 0 Å². The van der Waals surface area contributed by atoms with Crippen LogP contribution in [0.3, 0.4) is 0 Å². The minimum Gasteiger partial charge on any atom is -0.508 e. The fourth-order valence-electron chi connectivity index (χ4n) is 2.13. The number of hydrogen-bond acceptors (Lipinski definition) is 2. The molecule has 2 aromatic rings. The number of benzene rings is 2. The molecule has 1 unspecified atom stereocenters. The second-order valence-electron chi connectivity index (χ2n) is 5.13. The molecule has 18 heavy (non-hydrogen) atoms. The van der Waals surface area contributed by atoms with Gasteiger partial charge in [-0.1, -0.05) is 42.0 Å². The summed E-state index contributed by atoms with van der Waals surface area (Å²) in [6, 6.07) is 15.5. The van der Waals surface area contributed by atoms with Crippen molar-refractivity contribution in [2.45, 2.75) is 25.8 Å². The average Bonchev–Trinajstić information content (AvgIpc) is 2.29. The first-order chi connectivity index (χ1) is 8.47. The van der Waals surface area contributed by atoms with Crippen molar-refractivity contribution in [3.05, 3.63) is 65.2 Å². The number of nitrogens with two attached hydrogens (primary N) is 1. The lowest BCUT2D eigenvalue weighted by Gasteiger charge is -2.25. The van der Waals surface area contributed by atoms with Crippen molar-refractivity contribution >= 4 is 0 Å². The molecule has 2 heteroatoms. The van der Waals surface area contributed by atoms with Gasteiger partial charge >= 0.3 is 0 Å². The Labute approximate surface area is 108 Å². The molecule has 0 aliphatic heterocycles. The first-order valence-electron chi connectivity index (χ1n) is 6.11. The van der Waals surface area contributed by atoms with Crippen LogP contribution in [-0.2, 0) is 12.0 Å². The summed E-state index contributed by atoms with van der Waals surface area (Å²) in [6.07, 6.45) is 0.699. The Balaban J connectivity index is 2.23. The molecule has 2 nitrogen and oxygen atoms in total. The Morgan fingerprint density at radius 2 is 1.78 bits per heavy atom. The third kappa shape index (κ3) is 2.90. The van der Waals surface area contributed by atoms with E-state index >= 15 is 0 Å². The summed E-state index contributed by atoms with van der Waals surface area (Å²) >= 11 is 0. The molecule has 0 radical (unpaired) electrons. The van der Waals surface area contributed by atoms with Crippen LogP contribution in [0.4, 0.5) is 0 Å². The molecule has 94 valence electrons. The van der Waals surface area contributed by atoms with Crippen LogP contribution in [0, 0.1) is 6.92 Å². The van der Waals surface area contributed by atoms with Crippen molar-refractivity contribution in [3.63, 3.8) is 0 Å². The summed E-state index contributed by atoms with van der Waals surface area (Å²) in [7, 11) is 0. The molecule has 1 atom stereocenters. The predicted molar refractivity (Wildman–Crippen MR) is 74.5 cm³/mol. The van der Waals surface area contributed by atoms with Crippen molar-refractivity contribution in [2.75, 3.05) is 0 Å². The highest BCUT2D eigenvalue weighted by molar-refractivity contribution is 5.32. The van der Waals surface area contributed by atoms with Gasteiger partial charge in [0.05, 0.1) is 0 Å². The van der Waals surface area contributed by atoms with Gasteiger partial charge in [0, 0.05) is 5.54 Å². The molecule has 0 aliphatic carbocycles. The molecular weight excluding hydrogens is 222 g/mol. The van der Waals surface area contributed by atoms with E-state index in [1.54, 1.807) is 12.1 Å². The van der Waals surface area contributed by atoms with Crippen LogP contribution < -0.4 is 5.73 Å². The second kappa shape index (κ2) is 4.83. The Bertz CT molecular complexity index is 529. The lowest BCUT2D eigenvalue weighted by atomic mass is 9.86. The molecular formula is C16H19NO. The highest BCUT2D eigenvalue weighted by Gasteiger charge is 2.21. The summed E-state index contributed by atoms with van der Waals surface area (Å²) < 4.78 is 0. The quantitative estimate of drug-likeness (QED) is 0.867. The van der Waals surface area contributed by atoms with Crippen molar-refractivity contribution < 1.29 is 5.11 Å². The van der Waals surface area contributed by atoms with Gasteiger partial charge in [0.2, 0.25) is 0 Å². The van der Waals surface area contributed by atoms with Crippen LogP contribution in [0.15, 0.2) is 48.5 Å². The van der Waals surface area contributed by atoms with E-state index in [0.717, 1.165) is 11.1 Å². The topological polar surface area (TPSA) is 46.2 Å². The molecule has 0 heterocycles. The highest BCUT2D eigenvalue weighted by atomic mass is 16.3. The first kappa shape index (κ1) is 12.7. The number of phenols is 1. The van der Waals surface area contributed by atoms with E-state index in [4.69, 9.17) is 5.73 Å². The molecule has 0 saturated heterocycles. The summed E-state index contributed by atoms with van der Waals surface area (Å²) in [5, 5.41) is 9.48. The van der Waals surface area contributed by atoms with Crippen LogP contribution in [0.25, 0.3) is 0 Å². The summed E-state index contributed by atoms with van der Waals surface area (Å²) in [4.78, 5) is 0. The van der Waals surface area contributed by atoms with E-state index in [2.05, 4.69) is 31.2 Å². The largest absolute Gasteiger partial charge is 0.508 e. The van der Waals surface area contributed by atoms with Gasteiger partial charge in [0.25, 0.3) is 0 Å². The van der Waals surface area contributed by atoms with Gasteiger partial charge in [0.15, 0.2) is 0 Å². The maximum absolute atomic E-state index is 9.48. The Morgan fingerprint density at radius 1 is 1.11 bits per heavy atom. The SMILES string of the molecule is Cc1ccc(C(C)(N)Cc2cccc(O)c2)cc1. The molecule has 2 rings (SSSR count). The molecule has 0 saturated carbocycles. The minimum atomic E-state index is -0.429. The molecule has 0 bridgehead atoms. The molecule has 0 aliphatic rings. The third-order valence-corrected chi connectivity index (χ3v) is 3.19. The Morgan fingerprint density at radius 3 is 2.39 bits per heavy atom. The molecule has 0 amide bonds. The third-order valence-electron chi connectivity index (χ3n) is 3.19. The summed E-state index contributed by atoms with van der Waals surface area (Å²) in [5.41, 5.74) is 9.34. The van der Waals surface area contributed by atoms with Crippen molar-refractivity contribution in [3.8, 4) is 5.75 Å². The van der Waals surface area contributed by atoms with E-state index in [0.29, 0.717) is 6.42 Å². The van der Waals surface area contributed by atoms with E-state index in [1.165, 1.54) is 5.56 Å². The van der Waals surface area contributed by atoms with Crippen LogP contribution in [0.5, 0.6) is 5.75 Å². The van der Waals surface area contributed by atoms with Gasteiger partial charge < -0.3 is 10.8 Å². The van der Waals surface area contributed by atoms with Gasteiger partial charge in [-0.15, -0.1) is 0 Å². The van der Waals surface area contributed by atoms with Crippen molar-refractivity contribution in [1.82, 2.24) is 0 Å². The van der Waals surface area contributed by atoms with Gasteiger partial charge in [-0.2, -0.15) is 0 Å².